The van der Waals surface area contributed by atoms with Crippen molar-refractivity contribution in [3.8, 4) is 0 Å². The van der Waals surface area contributed by atoms with E-state index in [1.54, 1.807) is 18.3 Å². The summed E-state index contributed by atoms with van der Waals surface area (Å²) in [5.74, 6) is 0. The molecule has 0 aliphatic rings. The molecule has 15 heavy (non-hydrogen) atoms. The highest BCUT2D eigenvalue weighted by Crippen LogP contribution is 2.02. The van der Waals surface area contributed by atoms with Gasteiger partial charge in [0.2, 0.25) is 0 Å². The van der Waals surface area contributed by atoms with Gasteiger partial charge in [0.15, 0.2) is 0 Å². The third-order valence-electron chi connectivity index (χ3n) is 1.65. The van der Waals surface area contributed by atoms with Crippen molar-refractivity contribution in [2.45, 2.75) is 6.92 Å². The second-order valence-electron chi connectivity index (χ2n) is 2.90. The molecule has 0 aliphatic carbocycles. The number of hydrogen-bond donors (Lipinski definition) is 3. The summed E-state index contributed by atoms with van der Waals surface area (Å²) < 4.78 is 0. The Balaban J connectivity index is 2.44. The second kappa shape index (κ2) is 5.64. The fourth-order valence-electron chi connectivity index (χ4n) is 0.948. The van der Waals surface area contributed by atoms with Crippen molar-refractivity contribution in [1.82, 2.24) is 10.7 Å². The molecule has 0 saturated carbocycles. The summed E-state index contributed by atoms with van der Waals surface area (Å²) in [6.45, 7) is 2.41. The Morgan fingerprint density at radius 3 is 2.73 bits per heavy atom. The maximum atomic E-state index is 10.9. The standard InChI is InChI=1S/C10H14N4O/c1-2-12-10(15)14-13-7-8-3-5-9(11)6-4-8/h3-7H,2,11H2,1H3,(H2,12,14,15). The van der Waals surface area contributed by atoms with Crippen molar-refractivity contribution in [3.05, 3.63) is 29.8 Å². The molecular formula is C10H14N4O. The lowest BCUT2D eigenvalue weighted by atomic mass is 10.2. The van der Waals surface area contributed by atoms with Gasteiger partial charge in [-0.05, 0) is 24.6 Å². The van der Waals surface area contributed by atoms with Crippen LogP contribution in [-0.4, -0.2) is 18.8 Å². The van der Waals surface area contributed by atoms with Crippen LogP contribution < -0.4 is 16.5 Å². The Hall–Kier alpha value is -2.04. The first kappa shape index (κ1) is 11.0. The van der Waals surface area contributed by atoms with Crippen LogP contribution in [0.4, 0.5) is 10.5 Å². The number of hydrazone groups is 1. The highest BCUT2D eigenvalue weighted by molar-refractivity contribution is 5.82. The van der Waals surface area contributed by atoms with Crippen molar-refractivity contribution < 1.29 is 4.79 Å². The number of nitrogen functional groups attached to an aromatic ring is 1. The summed E-state index contributed by atoms with van der Waals surface area (Å²) in [6.07, 6.45) is 1.55. The van der Waals surface area contributed by atoms with Gasteiger partial charge >= 0.3 is 6.03 Å². The number of nitrogens with zero attached hydrogens (tertiary/aromatic N) is 1. The third kappa shape index (κ3) is 4.12. The van der Waals surface area contributed by atoms with E-state index in [-0.39, 0.29) is 6.03 Å². The normalized spacial score (nSPS) is 10.2. The molecule has 0 bridgehead atoms. The largest absolute Gasteiger partial charge is 0.399 e. The molecule has 5 nitrogen and oxygen atoms in total. The van der Waals surface area contributed by atoms with Crippen LogP contribution in [-0.2, 0) is 0 Å². The first-order chi connectivity index (χ1) is 7.22. The summed E-state index contributed by atoms with van der Waals surface area (Å²) in [7, 11) is 0. The molecule has 5 heteroatoms. The number of amides is 2. The van der Waals surface area contributed by atoms with E-state index in [2.05, 4.69) is 15.8 Å². The van der Waals surface area contributed by atoms with Gasteiger partial charge < -0.3 is 11.1 Å². The van der Waals surface area contributed by atoms with Crippen LogP contribution in [0.5, 0.6) is 0 Å². The fourth-order valence-corrected chi connectivity index (χ4v) is 0.948. The van der Waals surface area contributed by atoms with Gasteiger partial charge in [-0.2, -0.15) is 5.10 Å². The third-order valence-corrected chi connectivity index (χ3v) is 1.65. The van der Waals surface area contributed by atoms with E-state index < -0.39 is 0 Å². The molecule has 0 fully saturated rings. The van der Waals surface area contributed by atoms with E-state index in [1.807, 2.05) is 19.1 Å². The van der Waals surface area contributed by atoms with Crippen LogP contribution in [0.1, 0.15) is 12.5 Å². The number of nitrogens with one attached hydrogen (secondary N) is 2. The Labute approximate surface area is 88.4 Å². The van der Waals surface area contributed by atoms with Crippen LogP contribution in [0.2, 0.25) is 0 Å². The van der Waals surface area contributed by atoms with Crippen LogP contribution in [0.3, 0.4) is 0 Å². The predicted molar refractivity (Wildman–Crippen MR) is 60.7 cm³/mol. The van der Waals surface area contributed by atoms with Crippen LogP contribution in [0, 0.1) is 0 Å². The van der Waals surface area contributed by atoms with Crippen molar-refractivity contribution in [3.63, 3.8) is 0 Å². The molecule has 0 aliphatic heterocycles. The van der Waals surface area contributed by atoms with Crippen LogP contribution in [0.15, 0.2) is 29.4 Å². The zero-order chi connectivity index (χ0) is 11.1. The van der Waals surface area contributed by atoms with E-state index in [4.69, 9.17) is 5.73 Å². The lowest BCUT2D eigenvalue weighted by molar-refractivity contribution is 0.242. The van der Waals surface area contributed by atoms with Crippen molar-refractivity contribution in [2.24, 2.45) is 5.10 Å². The maximum absolute atomic E-state index is 10.9. The van der Waals surface area contributed by atoms with E-state index in [9.17, 15) is 4.79 Å². The minimum Gasteiger partial charge on any atom is -0.399 e. The summed E-state index contributed by atoms with van der Waals surface area (Å²) >= 11 is 0. The zero-order valence-corrected chi connectivity index (χ0v) is 8.53. The van der Waals surface area contributed by atoms with Crippen LogP contribution in [0.25, 0.3) is 0 Å². The first-order valence-corrected chi connectivity index (χ1v) is 4.65. The molecule has 1 rings (SSSR count). The first-order valence-electron chi connectivity index (χ1n) is 4.65. The Morgan fingerprint density at radius 1 is 1.47 bits per heavy atom. The highest BCUT2D eigenvalue weighted by atomic mass is 16.2. The molecule has 2 amide bonds. The molecule has 0 unspecified atom stereocenters. The molecule has 0 saturated heterocycles. The lowest BCUT2D eigenvalue weighted by Crippen LogP contribution is -2.31. The van der Waals surface area contributed by atoms with Crippen LogP contribution >= 0.6 is 0 Å². The number of anilines is 1. The monoisotopic (exact) mass is 206 g/mol. The van der Waals surface area contributed by atoms with Gasteiger partial charge in [0.05, 0.1) is 6.21 Å². The number of carbonyl (C=O) groups is 1. The SMILES string of the molecule is CCNC(=O)NN=Cc1ccc(N)cc1. The van der Waals surface area contributed by atoms with E-state index in [0.717, 1.165) is 5.56 Å². The Bertz CT molecular complexity index is 345. The van der Waals surface area contributed by atoms with E-state index in [0.29, 0.717) is 12.2 Å². The molecule has 1 aromatic rings. The number of urea groups is 1. The molecule has 0 aromatic heterocycles. The van der Waals surface area contributed by atoms with Gasteiger partial charge in [0.25, 0.3) is 0 Å². The molecule has 0 heterocycles. The molecule has 4 N–H and O–H groups in total. The van der Waals surface area contributed by atoms with Gasteiger partial charge in [-0.15, -0.1) is 0 Å². The lowest BCUT2D eigenvalue weighted by Gasteiger charge is -1.99. The number of rotatable bonds is 3. The van der Waals surface area contributed by atoms with Gasteiger partial charge in [-0.25, -0.2) is 10.2 Å². The highest BCUT2D eigenvalue weighted by Gasteiger charge is 1.92. The van der Waals surface area contributed by atoms with Crippen molar-refractivity contribution >= 4 is 17.9 Å². The topological polar surface area (TPSA) is 79.5 Å². The minimum absolute atomic E-state index is 0.316. The summed E-state index contributed by atoms with van der Waals surface area (Å²) in [6, 6.07) is 6.86. The maximum Gasteiger partial charge on any atom is 0.335 e. The van der Waals surface area contributed by atoms with Crippen molar-refractivity contribution in [1.29, 1.82) is 0 Å². The number of benzene rings is 1. The van der Waals surface area contributed by atoms with Gasteiger partial charge in [0.1, 0.15) is 0 Å². The number of nitrogens with two attached hydrogens (primary N) is 1. The van der Waals surface area contributed by atoms with Crippen molar-refractivity contribution in [2.75, 3.05) is 12.3 Å². The molecular weight excluding hydrogens is 192 g/mol. The predicted octanol–water partition coefficient (Wildman–Crippen LogP) is 0.922. The second-order valence-corrected chi connectivity index (χ2v) is 2.90. The number of carbonyl (C=O) groups excluding carboxylic acids is 1. The molecule has 80 valence electrons. The molecule has 1 aromatic carbocycles. The Morgan fingerprint density at radius 2 is 2.13 bits per heavy atom. The summed E-state index contributed by atoms with van der Waals surface area (Å²) in [5.41, 5.74) is 9.43. The molecule has 0 atom stereocenters. The zero-order valence-electron chi connectivity index (χ0n) is 8.53. The molecule has 0 spiro atoms. The average molecular weight is 206 g/mol. The summed E-state index contributed by atoms with van der Waals surface area (Å²) in [5, 5.41) is 6.32. The molecule has 0 radical (unpaired) electrons. The van der Waals surface area contributed by atoms with E-state index >= 15 is 0 Å². The summed E-state index contributed by atoms with van der Waals surface area (Å²) in [4.78, 5) is 10.9. The van der Waals surface area contributed by atoms with E-state index in [1.165, 1.54) is 0 Å². The Kier molecular flexibility index (Phi) is 4.15. The van der Waals surface area contributed by atoms with Gasteiger partial charge in [-0.1, -0.05) is 12.1 Å². The quantitative estimate of drug-likeness (QED) is 0.390. The number of hydrogen-bond acceptors (Lipinski definition) is 3. The van der Waals surface area contributed by atoms with Gasteiger partial charge in [-0.3, -0.25) is 0 Å². The smallest absolute Gasteiger partial charge is 0.335 e. The fraction of sp³-hybridized carbons (Fsp3) is 0.200. The van der Waals surface area contributed by atoms with Gasteiger partial charge in [0, 0.05) is 12.2 Å². The minimum atomic E-state index is -0.316. The average Bonchev–Trinajstić information content (AvgIpc) is 2.21.